The van der Waals surface area contributed by atoms with Crippen LogP contribution in [0.1, 0.15) is 13.4 Å². The fourth-order valence-electron chi connectivity index (χ4n) is 4.45. The topological polar surface area (TPSA) is 0 Å². The van der Waals surface area contributed by atoms with Crippen LogP contribution in [0.5, 0.6) is 0 Å². The van der Waals surface area contributed by atoms with Gasteiger partial charge >= 0.3 is 18.9 Å². The molecule has 0 atom stereocenters. The molecule has 128 valence electrons. The number of fused-ring (bicyclic) bond motifs is 5. The Hall–Kier alpha value is -2.78. The van der Waals surface area contributed by atoms with Gasteiger partial charge in [0, 0.05) is 0 Å². The van der Waals surface area contributed by atoms with E-state index in [2.05, 4.69) is 97.1 Å². The van der Waals surface area contributed by atoms with Crippen molar-refractivity contribution in [3.8, 4) is 0 Å². The van der Waals surface area contributed by atoms with E-state index in [9.17, 15) is 0 Å². The van der Waals surface area contributed by atoms with E-state index >= 15 is 0 Å². The van der Waals surface area contributed by atoms with E-state index in [0.29, 0.717) is 0 Å². The van der Waals surface area contributed by atoms with Gasteiger partial charge in [-0.3, -0.25) is 0 Å². The van der Waals surface area contributed by atoms with E-state index in [4.69, 9.17) is 0 Å². The molecule has 0 amide bonds. The molecule has 0 unspecified atom stereocenters. The Morgan fingerprint density at radius 2 is 1.21 bits per heavy atom. The second kappa shape index (κ2) is 6.68. The van der Waals surface area contributed by atoms with E-state index < -0.39 is 0 Å². The molecule has 0 bridgehead atoms. The standard InChI is InChI=1S/C27H18.Li.H/c1-2-7-18(6-1)24-11-5-10-21-15-23-13-12-22-14-19-8-3-4-9-20(19)16-25(22)27(23)17-26(21)24;;/h1-6,8-17H,7H2;;/q;+1;-1. The quantitative estimate of drug-likeness (QED) is 0.232. The third kappa shape index (κ3) is 2.61. The van der Waals surface area contributed by atoms with Crippen molar-refractivity contribution in [3.63, 3.8) is 0 Å². The van der Waals surface area contributed by atoms with Crippen LogP contribution in [0.4, 0.5) is 0 Å². The van der Waals surface area contributed by atoms with Crippen LogP contribution >= 0.6 is 0 Å². The maximum atomic E-state index is 2.40. The first-order valence-corrected chi connectivity index (χ1v) is 9.51. The summed E-state index contributed by atoms with van der Waals surface area (Å²) in [7, 11) is 0. The van der Waals surface area contributed by atoms with Crippen molar-refractivity contribution >= 4 is 48.7 Å². The molecule has 6 rings (SSSR count). The Bertz CT molecular complexity index is 1440. The maximum Gasteiger partial charge on any atom is 1.00 e. The van der Waals surface area contributed by atoms with Crippen molar-refractivity contribution in [1.29, 1.82) is 0 Å². The molecular formula is C27H19Li. The van der Waals surface area contributed by atoms with Gasteiger partial charge in [0.25, 0.3) is 0 Å². The van der Waals surface area contributed by atoms with Crippen molar-refractivity contribution in [1.82, 2.24) is 0 Å². The average Bonchev–Trinajstić information content (AvgIpc) is 3.25. The van der Waals surface area contributed by atoms with Gasteiger partial charge in [0.1, 0.15) is 0 Å². The van der Waals surface area contributed by atoms with Crippen LogP contribution in [0.25, 0.3) is 48.7 Å². The third-order valence-electron chi connectivity index (χ3n) is 5.82. The van der Waals surface area contributed by atoms with Crippen molar-refractivity contribution in [3.05, 3.63) is 103 Å². The fourth-order valence-corrected chi connectivity index (χ4v) is 4.45. The van der Waals surface area contributed by atoms with E-state index in [1.807, 2.05) is 0 Å². The van der Waals surface area contributed by atoms with E-state index in [1.165, 1.54) is 54.2 Å². The molecule has 0 saturated heterocycles. The number of allylic oxidation sites excluding steroid dienone is 4. The van der Waals surface area contributed by atoms with Gasteiger partial charge in [-0.25, -0.2) is 0 Å². The predicted octanol–water partition coefficient (Wildman–Crippen LogP) is 4.76. The summed E-state index contributed by atoms with van der Waals surface area (Å²) >= 11 is 0. The van der Waals surface area contributed by atoms with Gasteiger partial charge in [-0.15, -0.1) is 0 Å². The molecule has 0 aromatic heterocycles. The zero-order valence-corrected chi connectivity index (χ0v) is 15.9. The molecule has 1 aliphatic carbocycles. The van der Waals surface area contributed by atoms with Crippen LogP contribution in [0.15, 0.2) is 97.1 Å². The number of rotatable bonds is 1. The molecule has 0 aliphatic heterocycles. The molecule has 1 heteroatoms. The second-order valence-electron chi connectivity index (χ2n) is 7.41. The summed E-state index contributed by atoms with van der Waals surface area (Å²) in [5.41, 5.74) is 2.77. The first-order chi connectivity index (χ1) is 13.4. The molecule has 0 radical (unpaired) electrons. The number of benzene rings is 5. The number of hydrogen-bond acceptors (Lipinski definition) is 0. The zero-order chi connectivity index (χ0) is 17.8. The molecule has 5 aromatic rings. The zero-order valence-electron chi connectivity index (χ0n) is 16.9. The minimum atomic E-state index is 0. The monoisotopic (exact) mass is 350 g/mol. The average molecular weight is 350 g/mol. The SMILES string of the molecule is C1=CCC(c2cccc3cc4ccc5cc6ccccc6cc5c4cc23)=C1.[H-].[Li+]. The third-order valence-corrected chi connectivity index (χ3v) is 5.82. The molecule has 0 N–H and O–H groups in total. The molecule has 1 aliphatic rings. The van der Waals surface area contributed by atoms with Crippen molar-refractivity contribution in [2.24, 2.45) is 0 Å². The molecule has 0 heterocycles. The number of hydrogen-bond donors (Lipinski definition) is 0. The Balaban J connectivity index is 0.00000102. The van der Waals surface area contributed by atoms with Gasteiger partial charge in [-0.1, -0.05) is 72.8 Å². The van der Waals surface area contributed by atoms with Crippen LogP contribution in [-0.4, -0.2) is 0 Å². The van der Waals surface area contributed by atoms with Crippen molar-refractivity contribution in [2.75, 3.05) is 0 Å². The van der Waals surface area contributed by atoms with Crippen LogP contribution in [0.3, 0.4) is 0 Å². The summed E-state index contributed by atoms with van der Waals surface area (Å²) < 4.78 is 0. The summed E-state index contributed by atoms with van der Waals surface area (Å²) in [6.45, 7) is 0. The van der Waals surface area contributed by atoms with Crippen LogP contribution in [0, 0.1) is 0 Å². The Morgan fingerprint density at radius 1 is 0.571 bits per heavy atom. The summed E-state index contributed by atoms with van der Waals surface area (Å²) in [4.78, 5) is 0. The minimum Gasteiger partial charge on any atom is -1.00 e. The molecule has 28 heavy (non-hydrogen) atoms. The van der Waals surface area contributed by atoms with Gasteiger partial charge in [-0.05, 0) is 84.9 Å². The van der Waals surface area contributed by atoms with Crippen molar-refractivity contribution < 1.29 is 20.3 Å². The first kappa shape index (κ1) is 17.3. The normalized spacial score (nSPS) is 13.4. The Morgan fingerprint density at radius 3 is 1.96 bits per heavy atom. The summed E-state index contributed by atoms with van der Waals surface area (Å²) in [5, 5.41) is 10.5. The van der Waals surface area contributed by atoms with Gasteiger partial charge < -0.3 is 1.43 Å². The Labute approximate surface area is 177 Å². The van der Waals surface area contributed by atoms with Gasteiger partial charge in [0.05, 0.1) is 0 Å². The van der Waals surface area contributed by atoms with E-state index in [0.717, 1.165) is 6.42 Å². The summed E-state index contributed by atoms with van der Waals surface area (Å²) in [6.07, 6.45) is 7.67. The molecule has 0 saturated carbocycles. The predicted molar refractivity (Wildman–Crippen MR) is 119 cm³/mol. The fraction of sp³-hybridized carbons (Fsp3) is 0.0370. The molecule has 0 nitrogen and oxygen atoms in total. The summed E-state index contributed by atoms with van der Waals surface area (Å²) in [5.74, 6) is 0. The molecule has 0 spiro atoms. The largest absolute Gasteiger partial charge is 1.00 e. The molecular weight excluding hydrogens is 331 g/mol. The van der Waals surface area contributed by atoms with E-state index in [1.54, 1.807) is 0 Å². The van der Waals surface area contributed by atoms with Gasteiger partial charge in [0.2, 0.25) is 0 Å². The van der Waals surface area contributed by atoms with Crippen LogP contribution in [0.2, 0.25) is 0 Å². The minimum absolute atomic E-state index is 0. The van der Waals surface area contributed by atoms with Gasteiger partial charge in [-0.2, -0.15) is 0 Å². The smallest absolute Gasteiger partial charge is 1.00 e. The Kier molecular flexibility index (Phi) is 4.13. The summed E-state index contributed by atoms with van der Waals surface area (Å²) in [6, 6.07) is 29.2. The molecule has 0 fully saturated rings. The van der Waals surface area contributed by atoms with E-state index in [-0.39, 0.29) is 20.3 Å². The second-order valence-corrected chi connectivity index (χ2v) is 7.41. The van der Waals surface area contributed by atoms with Gasteiger partial charge in [0.15, 0.2) is 0 Å². The van der Waals surface area contributed by atoms with Crippen LogP contribution < -0.4 is 18.9 Å². The van der Waals surface area contributed by atoms with Crippen molar-refractivity contribution in [2.45, 2.75) is 6.42 Å². The maximum absolute atomic E-state index is 2.40. The first-order valence-electron chi connectivity index (χ1n) is 9.51. The molecule has 5 aromatic carbocycles. The van der Waals surface area contributed by atoms with Crippen LogP contribution in [-0.2, 0) is 0 Å².